The molecule has 1 rings (SSSR count). The number of carboxylic acids is 1. The van der Waals surface area contributed by atoms with Crippen LogP contribution in [-0.2, 0) is 9.53 Å². The third-order valence-corrected chi connectivity index (χ3v) is 3.86. The lowest BCUT2D eigenvalue weighted by Crippen LogP contribution is -2.50. The molecule has 118 valence electrons. The van der Waals surface area contributed by atoms with Gasteiger partial charge in [0.2, 0.25) is 0 Å². The summed E-state index contributed by atoms with van der Waals surface area (Å²) in [6, 6.07) is 0.421. The number of ether oxygens (including phenoxy) is 1. The summed E-state index contributed by atoms with van der Waals surface area (Å²) in [5, 5.41) is 12.6. The van der Waals surface area contributed by atoms with E-state index in [-0.39, 0.29) is 0 Å². The lowest BCUT2D eigenvalue weighted by Gasteiger charge is -2.27. The van der Waals surface area contributed by atoms with Crippen LogP contribution in [0.2, 0.25) is 0 Å². The van der Waals surface area contributed by atoms with E-state index < -0.39 is 11.5 Å². The highest BCUT2D eigenvalue weighted by Gasteiger charge is 2.37. The lowest BCUT2D eigenvalue weighted by molar-refractivity contribution is -0.144. The van der Waals surface area contributed by atoms with Crippen LogP contribution in [0, 0.1) is 0 Å². The van der Waals surface area contributed by atoms with Crippen LogP contribution in [-0.4, -0.2) is 60.9 Å². The van der Waals surface area contributed by atoms with Gasteiger partial charge in [-0.2, -0.15) is 0 Å². The molecule has 0 aromatic carbocycles. The summed E-state index contributed by atoms with van der Waals surface area (Å²) in [6.07, 6.45) is 4.88. The molecular formula is C15H30N2O3. The number of hydrogen-bond acceptors (Lipinski definition) is 4. The van der Waals surface area contributed by atoms with Crippen molar-refractivity contribution in [1.29, 1.82) is 0 Å². The second kappa shape index (κ2) is 8.60. The normalized spacial score (nSPS) is 18.2. The van der Waals surface area contributed by atoms with Gasteiger partial charge in [-0.25, -0.2) is 0 Å². The fourth-order valence-electron chi connectivity index (χ4n) is 2.26. The second-order valence-electron chi connectivity index (χ2n) is 6.01. The van der Waals surface area contributed by atoms with Crippen molar-refractivity contribution in [3.8, 4) is 0 Å². The molecule has 0 radical (unpaired) electrons. The predicted octanol–water partition coefficient (Wildman–Crippen LogP) is 1.72. The Balaban J connectivity index is 2.15. The quantitative estimate of drug-likeness (QED) is 0.535. The third-order valence-electron chi connectivity index (χ3n) is 3.86. The summed E-state index contributed by atoms with van der Waals surface area (Å²) in [5.74, 6) is -0.728. The van der Waals surface area contributed by atoms with Crippen LogP contribution in [0.15, 0.2) is 0 Å². The molecule has 1 atom stereocenters. The van der Waals surface area contributed by atoms with Crippen LogP contribution < -0.4 is 5.32 Å². The number of rotatable bonds is 12. The standard InChI is InChI=1S/C15H30N2O3/c1-4-20-12-11-17(3)10-6-5-9-15(2,14(18)19)16-13-7-8-13/h13,16H,4-12H2,1-3H3,(H,18,19). The van der Waals surface area contributed by atoms with Gasteiger partial charge in [-0.15, -0.1) is 0 Å². The van der Waals surface area contributed by atoms with Crippen LogP contribution in [0.5, 0.6) is 0 Å². The molecule has 0 saturated heterocycles. The number of likely N-dealkylation sites (N-methyl/N-ethyl adjacent to an activating group) is 1. The zero-order chi connectivity index (χ0) is 15.0. The predicted molar refractivity (Wildman–Crippen MR) is 80.0 cm³/mol. The highest BCUT2D eigenvalue weighted by molar-refractivity contribution is 5.78. The molecule has 2 N–H and O–H groups in total. The zero-order valence-corrected chi connectivity index (χ0v) is 13.2. The Morgan fingerprint density at radius 3 is 2.65 bits per heavy atom. The minimum atomic E-state index is -0.759. The van der Waals surface area contributed by atoms with E-state index in [2.05, 4.69) is 17.3 Å². The number of carbonyl (C=O) groups is 1. The van der Waals surface area contributed by atoms with E-state index in [0.717, 1.165) is 52.0 Å². The maximum absolute atomic E-state index is 11.4. The molecule has 0 heterocycles. The van der Waals surface area contributed by atoms with Crippen molar-refractivity contribution < 1.29 is 14.6 Å². The van der Waals surface area contributed by atoms with Gasteiger partial charge in [0.05, 0.1) is 6.61 Å². The lowest BCUT2D eigenvalue weighted by atomic mass is 9.94. The molecular weight excluding hydrogens is 256 g/mol. The van der Waals surface area contributed by atoms with E-state index in [1.165, 1.54) is 0 Å². The van der Waals surface area contributed by atoms with E-state index in [1.54, 1.807) is 0 Å². The van der Waals surface area contributed by atoms with Crippen LogP contribution in [0.25, 0.3) is 0 Å². The van der Waals surface area contributed by atoms with Gasteiger partial charge in [0.1, 0.15) is 5.54 Å². The molecule has 0 aromatic heterocycles. The molecule has 1 aliphatic rings. The summed E-state index contributed by atoms with van der Waals surface area (Å²) < 4.78 is 5.32. The first kappa shape index (κ1) is 17.4. The first-order valence-electron chi connectivity index (χ1n) is 7.75. The Morgan fingerprint density at radius 2 is 2.10 bits per heavy atom. The van der Waals surface area contributed by atoms with Crippen molar-refractivity contribution in [3.63, 3.8) is 0 Å². The topological polar surface area (TPSA) is 61.8 Å². The van der Waals surface area contributed by atoms with Crippen molar-refractivity contribution >= 4 is 5.97 Å². The van der Waals surface area contributed by atoms with Crippen LogP contribution in [0.3, 0.4) is 0 Å². The molecule has 1 unspecified atom stereocenters. The van der Waals surface area contributed by atoms with E-state index in [1.807, 2.05) is 13.8 Å². The summed E-state index contributed by atoms with van der Waals surface area (Å²) in [6.45, 7) is 7.27. The Kier molecular flexibility index (Phi) is 7.48. The van der Waals surface area contributed by atoms with Crippen LogP contribution in [0.4, 0.5) is 0 Å². The van der Waals surface area contributed by atoms with Crippen LogP contribution in [0.1, 0.15) is 46.0 Å². The second-order valence-corrected chi connectivity index (χ2v) is 6.01. The number of aliphatic carboxylic acids is 1. The Bertz CT molecular complexity index is 295. The molecule has 0 bridgehead atoms. The number of nitrogens with one attached hydrogen (secondary N) is 1. The first-order chi connectivity index (χ1) is 9.48. The molecule has 1 aliphatic carbocycles. The van der Waals surface area contributed by atoms with E-state index >= 15 is 0 Å². The van der Waals surface area contributed by atoms with E-state index in [4.69, 9.17) is 4.74 Å². The van der Waals surface area contributed by atoms with Crippen molar-refractivity contribution in [2.75, 3.05) is 33.4 Å². The van der Waals surface area contributed by atoms with Gasteiger partial charge in [-0.1, -0.05) is 0 Å². The monoisotopic (exact) mass is 286 g/mol. The van der Waals surface area contributed by atoms with Crippen molar-refractivity contribution in [2.24, 2.45) is 0 Å². The molecule has 1 saturated carbocycles. The van der Waals surface area contributed by atoms with Gasteiger partial charge >= 0.3 is 5.97 Å². The van der Waals surface area contributed by atoms with Gasteiger partial charge in [0, 0.05) is 19.2 Å². The minimum absolute atomic E-state index is 0.421. The summed E-state index contributed by atoms with van der Waals surface area (Å²) in [7, 11) is 2.08. The van der Waals surface area contributed by atoms with Gasteiger partial charge < -0.3 is 14.7 Å². The maximum atomic E-state index is 11.4. The molecule has 0 amide bonds. The molecule has 0 spiro atoms. The summed E-state index contributed by atoms with van der Waals surface area (Å²) >= 11 is 0. The number of nitrogens with zero attached hydrogens (tertiary/aromatic N) is 1. The van der Waals surface area contributed by atoms with Gasteiger partial charge in [-0.3, -0.25) is 10.1 Å². The molecule has 1 fully saturated rings. The Morgan fingerprint density at radius 1 is 1.40 bits per heavy atom. The van der Waals surface area contributed by atoms with Crippen molar-refractivity contribution in [3.05, 3.63) is 0 Å². The number of carboxylic acid groups (broad SMARTS) is 1. The van der Waals surface area contributed by atoms with Crippen molar-refractivity contribution in [2.45, 2.75) is 57.5 Å². The Labute approximate surface area is 122 Å². The van der Waals surface area contributed by atoms with Gasteiger partial charge in [-0.05, 0) is 59.5 Å². The fourth-order valence-corrected chi connectivity index (χ4v) is 2.26. The third kappa shape index (κ3) is 6.68. The van der Waals surface area contributed by atoms with Gasteiger partial charge in [0.15, 0.2) is 0 Å². The minimum Gasteiger partial charge on any atom is -0.480 e. The van der Waals surface area contributed by atoms with Crippen molar-refractivity contribution in [1.82, 2.24) is 10.2 Å². The summed E-state index contributed by atoms with van der Waals surface area (Å²) in [4.78, 5) is 13.6. The molecule has 0 aromatic rings. The average molecular weight is 286 g/mol. The fraction of sp³-hybridized carbons (Fsp3) is 0.933. The molecule has 20 heavy (non-hydrogen) atoms. The number of unbranched alkanes of at least 4 members (excludes halogenated alkanes) is 1. The molecule has 5 heteroatoms. The highest BCUT2D eigenvalue weighted by atomic mass is 16.5. The van der Waals surface area contributed by atoms with E-state index in [0.29, 0.717) is 12.5 Å². The molecule has 0 aliphatic heterocycles. The maximum Gasteiger partial charge on any atom is 0.323 e. The van der Waals surface area contributed by atoms with Gasteiger partial charge in [0.25, 0.3) is 0 Å². The Hall–Kier alpha value is -0.650. The smallest absolute Gasteiger partial charge is 0.323 e. The largest absolute Gasteiger partial charge is 0.480 e. The van der Waals surface area contributed by atoms with Crippen LogP contribution >= 0.6 is 0 Å². The zero-order valence-electron chi connectivity index (χ0n) is 13.2. The summed E-state index contributed by atoms with van der Waals surface area (Å²) in [5.41, 5.74) is -0.759. The van der Waals surface area contributed by atoms with E-state index in [9.17, 15) is 9.90 Å². The first-order valence-corrected chi connectivity index (χ1v) is 7.75. The number of hydrogen-bond donors (Lipinski definition) is 2. The SMILES string of the molecule is CCOCCN(C)CCCCC(C)(NC1CC1)C(=O)O. The highest BCUT2D eigenvalue weighted by Crippen LogP contribution is 2.25. The average Bonchev–Trinajstić information content (AvgIpc) is 3.18. The molecule has 5 nitrogen and oxygen atoms in total.